The van der Waals surface area contributed by atoms with Crippen LogP contribution < -0.4 is 4.74 Å². The topological polar surface area (TPSA) is 79.6 Å². The summed E-state index contributed by atoms with van der Waals surface area (Å²) in [6.07, 6.45) is 12.9. The van der Waals surface area contributed by atoms with Crippen LogP contribution in [0.2, 0.25) is 0 Å². The maximum atomic E-state index is 10.2. The van der Waals surface area contributed by atoms with Gasteiger partial charge in [0.25, 0.3) is 0 Å². The minimum atomic E-state index is 0.0227. The molecule has 1 heterocycles. The number of nitriles is 1. The Morgan fingerprint density at radius 3 is 2.07 bits per heavy atom. The third-order valence-electron chi connectivity index (χ3n) is 4.52. The van der Waals surface area contributed by atoms with Crippen LogP contribution in [0.3, 0.4) is 0 Å². The second-order valence-electron chi connectivity index (χ2n) is 6.97. The van der Waals surface area contributed by atoms with Gasteiger partial charge in [0.2, 0.25) is 0 Å². The number of carbonyl (C=O) groups is 2. The number of methoxy groups -OCH3 is 1. The normalized spacial score (nSPS) is 17.7. The number of hydrogen-bond acceptors (Lipinski definition) is 6. The third kappa shape index (κ3) is 14.4. The van der Waals surface area contributed by atoms with Crippen molar-refractivity contribution >= 4 is 12.6 Å². The molecule has 0 aromatic heterocycles. The van der Waals surface area contributed by atoms with Crippen molar-refractivity contribution in [3.05, 3.63) is 29.8 Å². The molecule has 0 radical (unpaired) electrons. The fraction of sp³-hybridized carbons (Fsp3) is 0.609. The highest BCUT2D eigenvalue weighted by atomic mass is 16.5. The maximum Gasteiger partial charge on any atom is 0.157 e. The monoisotopic (exact) mass is 404 g/mol. The second-order valence-corrected chi connectivity index (χ2v) is 6.97. The van der Waals surface area contributed by atoms with Gasteiger partial charge in [-0.25, -0.2) is 0 Å². The maximum absolute atomic E-state index is 10.2. The largest absolute Gasteiger partial charge is 0.486 e. The molecule has 1 saturated heterocycles. The lowest BCUT2D eigenvalue weighted by molar-refractivity contribution is -0.111. The summed E-state index contributed by atoms with van der Waals surface area (Å²) in [6.45, 7) is 1.11. The van der Waals surface area contributed by atoms with Gasteiger partial charge in [0.15, 0.2) is 6.29 Å². The van der Waals surface area contributed by atoms with Crippen molar-refractivity contribution in [1.29, 1.82) is 5.26 Å². The lowest BCUT2D eigenvalue weighted by atomic mass is 10.0. The molecule has 6 nitrogen and oxygen atoms in total. The summed E-state index contributed by atoms with van der Waals surface area (Å²) in [6, 6.07) is 8.86. The molecule has 1 saturated carbocycles. The van der Waals surface area contributed by atoms with Gasteiger partial charge in [-0.05, 0) is 44.6 Å². The highest BCUT2D eigenvalue weighted by Gasteiger charge is 2.18. The van der Waals surface area contributed by atoms with E-state index >= 15 is 0 Å². The molecule has 1 aromatic carbocycles. The Labute approximate surface area is 175 Å². The van der Waals surface area contributed by atoms with Gasteiger partial charge < -0.3 is 14.3 Å². The van der Waals surface area contributed by atoms with E-state index < -0.39 is 0 Å². The first-order valence-electron chi connectivity index (χ1n) is 10.2. The van der Waals surface area contributed by atoms with Gasteiger partial charge in [-0.3, -0.25) is 9.69 Å². The van der Waals surface area contributed by atoms with Crippen LogP contribution in [0.1, 0.15) is 56.9 Å². The standard InChI is InChI=1S/C9H7NO2.C6H11NO.C6H12.C2H6O/c10-7-8-2-1-3-9(6-8)12-5-4-11;1-7-4-2-3-6(7)5-8;1-2-4-6-5-3-1;1-3-2/h1-4,6H,5H2;5-6H,2-4H2,1H3;1-6H2;1-2H3. The zero-order valence-electron chi connectivity index (χ0n) is 18.1. The highest BCUT2D eigenvalue weighted by molar-refractivity contribution is 5.57. The predicted octanol–water partition coefficient (Wildman–Crippen LogP) is 4.02. The number of ether oxygens (including phenoxy) is 2. The Balaban J connectivity index is 0.000000399. The van der Waals surface area contributed by atoms with E-state index in [4.69, 9.17) is 10.00 Å². The van der Waals surface area contributed by atoms with Gasteiger partial charge in [-0.15, -0.1) is 0 Å². The molecular formula is C23H36N2O4. The third-order valence-corrected chi connectivity index (χ3v) is 4.52. The number of aldehydes is 2. The van der Waals surface area contributed by atoms with Crippen molar-refractivity contribution < 1.29 is 19.1 Å². The van der Waals surface area contributed by atoms with Crippen molar-refractivity contribution in [2.45, 2.75) is 57.4 Å². The molecule has 6 heteroatoms. The first-order valence-corrected chi connectivity index (χ1v) is 10.2. The number of nitrogens with zero attached hydrogens (tertiary/aromatic N) is 2. The zero-order chi connectivity index (χ0) is 21.7. The molecule has 0 spiro atoms. The fourth-order valence-corrected chi connectivity index (χ4v) is 2.95. The summed E-state index contributed by atoms with van der Waals surface area (Å²) < 4.78 is 9.23. The van der Waals surface area contributed by atoms with Gasteiger partial charge in [-0.2, -0.15) is 5.26 Å². The summed E-state index contributed by atoms with van der Waals surface area (Å²) in [5.74, 6) is 0.543. The summed E-state index contributed by atoms with van der Waals surface area (Å²) in [5, 5.41) is 8.51. The Bertz CT molecular complexity index is 571. The Kier molecular flexibility index (Phi) is 17.6. The first kappa shape index (κ1) is 26.8. The zero-order valence-corrected chi connectivity index (χ0v) is 18.1. The van der Waals surface area contributed by atoms with E-state index in [2.05, 4.69) is 9.64 Å². The number of likely N-dealkylation sites (tertiary alicyclic amines) is 1. The van der Waals surface area contributed by atoms with E-state index in [0.29, 0.717) is 17.6 Å². The molecule has 1 atom stereocenters. The van der Waals surface area contributed by atoms with Crippen molar-refractivity contribution in [2.24, 2.45) is 0 Å². The summed E-state index contributed by atoms with van der Waals surface area (Å²) in [7, 11) is 5.24. The van der Waals surface area contributed by atoms with Crippen LogP contribution >= 0.6 is 0 Å². The van der Waals surface area contributed by atoms with Crippen molar-refractivity contribution in [3.63, 3.8) is 0 Å². The van der Waals surface area contributed by atoms with Crippen LogP contribution in [0.15, 0.2) is 24.3 Å². The van der Waals surface area contributed by atoms with Crippen LogP contribution in [0.25, 0.3) is 0 Å². The molecular weight excluding hydrogens is 368 g/mol. The Morgan fingerprint density at radius 1 is 1.10 bits per heavy atom. The molecule has 0 amide bonds. The SMILES string of the molecule is C1CCCCC1.CN1CCCC1C=O.COC.N#Cc1cccc(OCC=O)c1. The minimum Gasteiger partial charge on any atom is -0.486 e. The molecule has 0 bridgehead atoms. The number of rotatable bonds is 4. The van der Waals surface area contributed by atoms with Gasteiger partial charge in [-0.1, -0.05) is 44.6 Å². The van der Waals surface area contributed by atoms with E-state index in [0.717, 1.165) is 19.3 Å². The number of likely N-dealkylation sites (N-methyl/N-ethyl adjacent to an activating group) is 1. The van der Waals surface area contributed by atoms with Gasteiger partial charge in [0.1, 0.15) is 18.6 Å². The second kappa shape index (κ2) is 19.1. The summed E-state index contributed by atoms with van der Waals surface area (Å²) in [4.78, 5) is 22.2. The molecule has 2 fully saturated rings. The molecule has 1 aliphatic carbocycles. The number of carbonyl (C=O) groups excluding carboxylic acids is 2. The Morgan fingerprint density at radius 2 is 1.69 bits per heavy atom. The quantitative estimate of drug-likeness (QED) is 0.705. The highest BCUT2D eigenvalue weighted by Crippen LogP contribution is 2.15. The van der Waals surface area contributed by atoms with Crippen LogP contribution in [-0.4, -0.2) is 57.9 Å². The molecule has 0 N–H and O–H groups in total. The van der Waals surface area contributed by atoms with Gasteiger partial charge in [0, 0.05) is 14.2 Å². The fourth-order valence-electron chi connectivity index (χ4n) is 2.95. The first-order chi connectivity index (χ1) is 14.1. The van der Waals surface area contributed by atoms with Crippen LogP contribution in [0, 0.1) is 11.3 Å². The van der Waals surface area contributed by atoms with E-state index in [9.17, 15) is 9.59 Å². The molecule has 1 unspecified atom stereocenters. The van der Waals surface area contributed by atoms with Crippen molar-refractivity contribution in [1.82, 2.24) is 4.90 Å². The molecule has 1 aliphatic heterocycles. The molecule has 2 aliphatic rings. The summed E-state index contributed by atoms with van der Waals surface area (Å²) >= 11 is 0. The molecule has 162 valence electrons. The van der Waals surface area contributed by atoms with E-state index in [1.54, 1.807) is 38.5 Å². The number of benzene rings is 1. The predicted molar refractivity (Wildman–Crippen MR) is 115 cm³/mol. The minimum absolute atomic E-state index is 0.0227. The molecule has 3 rings (SSSR count). The molecule has 1 aromatic rings. The lowest BCUT2D eigenvalue weighted by Gasteiger charge is -2.10. The van der Waals surface area contributed by atoms with Crippen molar-refractivity contribution in [3.8, 4) is 11.8 Å². The van der Waals surface area contributed by atoms with Gasteiger partial charge in [0.05, 0.1) is 17.7 Å². The average Bonchev–Trinajstić information content (AvgIpc) is 3.20. The summed E-state index contributed by atoms with van der Waals surface area (Å²) in [5.41, 5.74) is 0.526. The smallest absolute Gasteiger partial charge is 0.157 e. The molecule has 29 heavy (non-hydrogen) atoms. The average molecular weight is 405 g/mol. The van der Waals surface area contributed by atoms with E-state index in [1.165, 1.54) is 44.9 Å². The lowest BCUT2D eigenvalue weighted by Crippen LogP contribution is -2.25. The van der Waals surface area contributed by atoms with E-state index in [1.807, 2.05) is 13.1 Å². The van der Waals surface area contributed by atoms with E-state index in [-0.39, 0.29) is 12.6 Å². The van der Waals surface area contributed by atoms with Crippen LogP contribution in [0.4, 0.5) is 0 Å². The Hall–Kier alpha value is -2.23. The van der Waals surface area contributed by atoms with Crippen molar-refractivity contribution in [2.75, 3.05) is 34.4 Å². The van der Waals surface area contributed by atoms with Crippen LogP contribution in [-0.2, 0) is 14.3 Å². The number of hydrogen-bond donors (Lipinski definition) is 0. The van der Waals surface area contributed by atoms with Gasteiger partial charge >= 0.3 is 0 Å². The van der Waals surface area contributed by atoms with Crippen LogP contribution in [0.5, 0.6) is 5.75 Å².